The fraction of sp³-hybridized carbons (Fsp3) is 0.438. The Bertz CT molecular complexity index is 536. The molecule has 0 radical (unpaired) electrons. The van der Waals surface area contributed by atoms with Gasteiger partial charge >= 0.3 is 0 Å². The topological polar surface area (TPSA) is 29.9 Å². The number of hydrogen-bond acceptors (Lipinski definition) is 3. The standard InChI is InChI=1S/C16H23N3S/c1-4-11-17-16(14-10-12-18-19(14)5-2)13-8-6-7-9-15(13)20-3/h6-10,12,16-17H,4-5,11H2,1-3H3. The van der Waals surface area contributed by atoms with E-state index in [-0.39, 0.29) is 6.04 Å². The Kier molecular flexibility index (Phi) is 5.68. The third-order valence-electron chi connectivity index (χ3n) is 3.39. The highest BCUT2D eigenvalue weighted by atomic mass is 32.2. The third-order valence-corrected chi connectivity index (χ3v) is 4.20. The maximum Gasteiger partial charge on any atom is 0.0759 e. The molecule has 1 N–H and O–H groups in total. The third kappa shape index (κ3) is 3.25. The van der Waals surface area contributed by atoms with Crippen LogP contribution in [0.1, 0.15) is 37.6 Å². The first-order chi connectivity index (χ1) is 9.81. The minimum absolute atomic E-state index is 0.209. The smallest absolute Gasteiger partial charge is 0.0759 e. The zero-order valence-electron chi connectivity index (χ0n) is 12.5. The van der Waals surface area contributed by atoms with E-state index in [2.05, 4.69) is 65.5 Å². The number of rotatable bonds is 7. The summed E-state index contributed by atoms with van der Waals surface area (Å²) in [5, 5.41) is 8.08. The molecule has 0 fully saturated rings. The van der Waals surface area contributed by atoms with Crippen molar-refractivity contribution in [1.82, 2.24) is 15.1 Å². The van der Waals surface area contributed by atoms with Crippen LogP contribution in [-0.2, 0) is 6.54 Å². The van der Waals surface area contributed by atoms with Crippen molar-refractivity contribution in [3.05, 3.63) is 47.8 Å². The van der Waals surface area contributed by atoms with Crippen LogP contribution in [0.15, 0.2) is 41.4 Å². The average Bonchev–Trinajstić information content (AvgIpc) is 2.96. The lowest BCUT2D eigenvalue weighted by Crippen LogP contribution is -2.26. The molecule has 0 saturated heterocycles. The summed E-state index contributed by atoms with van der Waals surface area (Å²) >= 11 is 1.80. The van der Waals surface area contributed by atoms with Gasteiger partial charge in [0, 0.05) is 17.6 Å². The van der Waals surface area contributed by atoms with E-state index in [0.29, 0.717) is 0 Å². The van der Waals surface area contributed by atoms with Crippen LogP contribution in [0.25, 0.3) is 0 Å². The quantitative estimate of drug-likeness (QED) is 0.788. The van der Waals surface area contributed by atoms with E-state index in [1.165, 1.54) is 16.2 Å². The lowest BCUT2D eigenvalue weighted by atomic mass is 10.0. The molecule has 3 nitrogen and oxygen atoms in total. The molecule has 20 heavy (non-hydrogen) atoms. The first-order valence-corrected chi connectivity index (χ1v) is 8.42. The van der Waals surface area contributed by atoms with Crippen molar-refractivity contribution in [3.8, 4) is 0 Å². The Morgan fingerprint density at radius 1 is 1.25 bits per heavy atom. The Balaban J connectivity index is 2.41. The van der Waals surface area contributed by atoms with Crippen LogP contribution in [0.4, 0.5) is 0 Å². The molecule has 1 aromatic carbocycles. The molecule has 1 aromatic heterocycles. The van der Waals surface area contributed by atoms with Gasteiger partial charge in [0.15, 0.2) is 0 Å². The fourth-order valence-corrected chi connectivity index (χ4v) is 3.06. The minimum atomic E-state index is 0.209. The first kappa shape index (κ1) is 15.1. The zero-order valence-corrected chi connectivity index (χ0v) is 13.3. The van der Waals surface area contributed by atoms with E-state index in [0.717, 1.165) is 19.5 Å². The molecule has 0 aliphatic heterocycles. The van der Waals surface area contributed by atoms with E-state index >= 15 is 0 Å². The summed E-state index contributed by atoms with van der Waals surface area (Å²) < 4.78 is 2.07. The van der Waals surface area contributed by atoms with Crippen molar-refractivity contribution >= 4 is 11.8 Å². The molecule has 0 bridgehead atoms. The van der Waals surface area contributed by atoms with Crippen LogP contribution in [0.3, 0.4) is 0 Å². The molecule has 1 atom stereocenters. The second-order valence-corrected chi connectivity index (χ2v) is 5.55. The molecular weight excluding hydrogens is 266 g/mol. The normalized spacial score (nSPS) is 12.6. The molecule has 0 spiro atoms. The Morgan fingerprint density at radius 3 is 2.75 bits per heavy atom. The summed E-state index contributed by atoms with van der Waals surface area (Å²) in [4.78, 5) is 1.32. The number of nitrogens with one attached hydrogen (secondary N) is 1. The first-order valence-electron chi connectivity index (χ1n) is 7.19. The highest BCUT2D eigenvalue weighted by molar-refractivity contribution is 7.98. The van der Waals surface area contributed by atoms with E-state index in [9.17, 15) is 0 Å². The van der Waals surface area contributed by atoms with Gasteiger partial charge in [0.1, 0.15) is 0 Å². The highest BCUT2D eigenvalue weighted by Crippen LogP contribution is 2.30. The van der Waals surface area contributed by atoms with Gasteiger partial charge in [0.05, 0.1) is 11.7 Å². The number of aryl methyl sites for hydroxylation is 1. The van der Waals surface area contributed by atoms with Gasteiger partial charge in [-0.3, -0.25) is 4.68 Å². The van der Waals surface area contributed by atoms with Crippen LogP contribution in [-0.4, -0.2) is 22.6 Å². The van der Waals surface area contributed by atoms with Crippen molar-refractivity contribution in [2.75, 3.05) is 12.8 Å². The lowest BCUT2D eigenvalue weighted by Gasteiger charge is -2.22. The molecular formula is C16H23N3S. The van der Waals surface area contributed by atoms with Gasteiger partial charge in [0.25, 0.3) is 0 Å². The van der Waals surface area contributed by atoms with E-state index < -0.39 is 0 Å². The fourth-order valence-electron chi connectivity index (χ4n) is 2.42. The molecule has 2 rings (SSSR count). The average molecular weight is 289 g/mol. The van der Waals surface area contributed by atoms with Crippen LogP contribution in [0.2, 0.25) is 0 Å². The Morgan fingerprint density at radius 2 is 2.05 bits per heavy atom. The summed E-state index contributed by atoms with van der Waals surface area (Å²) in [6.07, 6.45) is 5.15. The molecule has 2 aromatic rings. The van der Waals surface area contributed by atoms with Gasteiger partial charge in [-0.25, -0.2) is 0 Å². The molecule has 0 aliphatic rings. The van der Waals surface area contributed by atoms with Crippen LogP contribution in [0, 0.1) is 0 Å². The summed E-state index contributed by atoms with van der Waals surface area (Å²) in [5.74, 6) is 0. The van der Waals surface area contributed by atoms with Crippen molar-refractivity contribution in [3.63, 3.8) is 0 Å². The second kappa shape index (κ2) is 7.50. The van der Waals surface area contributed by atoms with Crippen LogP contribution >= 0.6 is 11.8 Å². The summed E-state index contributed by atoms with van der Waals surface area (Å²) in [6.45, 7) is 6.23. The van der Waals surface area contributed by atoms with E-state index in [4.69, 9.17) is 0 Å². The predicted molar refractivity (Wildman–Crippen MR) is 86.3 cm³/mol. The monoisotopic (exact) mass is 289 g/mol. The number of thioether (sulfide) groups is 1. The molecule has 0 aliphatic carbocycles. The predicted octanol–water partition coefficient (Wildman–Crippen LogP) is 3.71. The highest BCUT2D eigenvalue weighted by Gasteiger charge is 2.19. The maximum absolute atomic E-state index is 4.41. The van der Waals surface area contributed by atoms with Crippen molar-refractivity contribution in [1.29, 1.82) is 0 Å². The summed E-state index contributed by atoms with van der Waals surface area (Å²) in [7, 11) is 0. The van der Waals surface area contributed by atoms with Gasteiger partial charge in [-0.15, -0.1) is 11.8 Å². The molecule has 0 saturated carbocycles. The number of benzene rings is 1. The number of hydrogen-bond donors (Lipinski definition) is 1. The second-order valence-electron chi connectivity index (χ2n) is 4.70. The SMILES string of the molecule is CCCNC(c1ccccc1SC)c1ccnn1CC. The molecule has 1 heterocycles. The van der Waals surface area contributed by atoms with Gasteiger partial charge < -0.3 is 5.32 Å². The zero-order chi connectivity index (χ0) is 14.4. The van der Waals surface area contributed by atoms with Gasteiger partial charge in [-0.05, 0) is 43.8 Å². The van der Waals surface area contributed by atoms with E-state index in [1.54, 1.807) is 11.8 Å². The summed E-state index contributed by atoms with van der Waals surface area (Å²) in [5.41, 5.74) is 2.58. The molecule has 1 unspecified atom stereocenters. The van der Waals surface area contributed by atoms with Gasteiger partial charge in [0.2, 0.25) is 0 Å². The molecule has 4 heteroatoms. The number of nitrogens with zero attached hydrogens (tertiary/aromatic N) is 2. The van der Waals surface area contributed by atoms with Crippen molar-refractivity contribution in [2.45, 2.75) is 37.8 Å². The van der Waals surface area contributed by atoms with Gasteiger partial charge in [-0.1, -0.05) is 25.1 Å². The Labute approximate surface area is 125 Å². The summed E-state index contributed by atoms with van der Waals surface area (Å²) in [6, 6.07) is 10.9. The van der Waals surface area contributed by atoms with Crippen LogP contribution in [0.5, 0.6) is 0 Å². The van der Waals surface area contributed by atoms with E-state index in [1.807, 2.05) is 6.20 Å². The largest absolute Gasteiger partial charge is 0.305 e. The molecule has 0 amide bonds. The van der Waals surface area contributed by atoms with Gasteiger partial charge in [-0.2, -0.15) is 5.10 Å². The van der Waals surface area contributed by atoms with Crippen LogP contribution < -0.4 is 5.32 Å². The molecule has 108 valence electrons. The number of aromatic nitrogens is 2. The van der Waals surface area contributed by atoms with Crippen molar-refractivity contribution < 1.29 is 0 Å². The Hall–Kier alpha value is -1.26. The maximum atomic E-state index is 4.41. The minimum Gasteiger partial charge on any atom is -0.305 e. The lowest BCUT2D eigenvalue weighted by molar-refractivity contribution is 0.525. The van der Waals surface area contributed by atoms with Crippen molar-refractivity contribution in [2.24, 2.45) is 0 Å².